The van der Waals surface area contributed by atoms with Crippen molar-refractivity contribution in [3.63, 3.8) is 0 Å². The molecular formula is C12H15NOS. The van der Waals surface area contributed by atoms with Crippen LogP contribution < -0.4 is 0 Å². The third-order valence-corrected chi connectivity index (χ3v) is 4.15. The zero-order chi connectivity index (χ0) is 10.7. The fourth-order valence-corrected chi connectivity index (χ4v) is 3.11. The monoisotopic (exact) mass is 221 g/mol. The summed E-state index contributed by atoms with van der Waals surface area (Å²) in [5.41, 5.74) is 1.85. The molecule has 0 saturated carbocycles. The van der Waals surface area contributed by atoms with Crippen molar-refractivity contribution in [3.05, 3.63) is 29.6 Å². The van der Waals surface area contributed by atoms with Crippen LogP contribution in [0.2, 0.25) is 0 Å². The average molecular weight is 221 g/mol. The molecule has 1 aromatic rings. The van der Waals surface area contributed by atoms with Gasteiger partial charge in [-0.05, 0) is 37.1 Å². The number of rotatable bonds is 2. The van der Waals surface area contributed by atoms with Gasteiger partial charge >= 0.3 is 0 Å². The van der Waals surface area contributed by atoms with Crippen molar-refractivity contribution in [2.45, 2.75) is 31.4 Å². The molecule has 2 nitrogen and oxygen atoms in total. The number of nitrogens with zero attached hydrogens (tertiary/aromatic N) is 1. The Hall–Kier alpha value is -0.830. The largest absolute Gasteiger partial charge is 0.293 e. The molecule has 1 fully saturated rings. The zero-order valence-corrected chi connectivity index (χ0v) is 9.72. The third kappa shape index (κ3) is 2.40. The van der Waals surface area contributed by atoms with E-state index in [0.29, 0.717) is 0 Å². The van der Waals surface area contributed by atoms with E-state index in [0.717, 1.165) is 23.3 Å². The summed E-state index contributed by atoms with van der Waals surface area (Å²) in [4.78, 5) is 16.2. The van der Waals surface area contributed by atoms with Crippen molar-refractivity contribution in [3.8, 4) is 0 Å². The van der Waals surface area contributed by atoms with Gasteiger partial charge in [-0.2, -0.15) is 11.8 Å². The molecule has 0 N–H and O–H groups in total. The molecule has 0 aliphatic carbocycles. The van der Waals surface area contributed by atoms with Gasteiger partial charge in [0.2, 0.25) is 0 Å². The molecule has 1 atom stereocenters. The standard InChI is InChI=1S/C12H15NOS/c1-9-5-6-13-8-10(9)12(14)11-4-2-3-7-15-11/h5-6,8,11H,2-4,7H2,1H3. The first-order chi connectivity index (χ1) is 7.29. The molecule has 0 aromatic carbocycles. The first kappa shape index (κ1) is 10.7. The second-order valence-electron chi connectivity index (χ2n) is 3.91. The molecule has 2 heterocycles. The van der Waals surface area contributed by atoms with Crippen molar-refractivity contribution < 1.29 is 4.79 Å². The van der Waals surface area contributed by atoms with Crippen LogP contribution >= 0.6 is 11.8 Å². The van der Waals surface area contributed by atoms with Gasteiger partial charge in [-0.1, -0.05) is 6.42 Å². The van der Waals surface area contributed by atoms with Crippen LogP contribution in [0.4, 0.5) is 0 Å². The van der Waals surface area contributed by atoms with Crippen LogP contribution in [0.15, 0.2) is 18.5 Å². The predicted molar refractivity (Wildman–Crippen MR) is 63.4 cm³/mol. The lowest BCUT2D eigenvalue weighted by atomic mass is 10.0. The van der Waals surface area contributed by atoms with Crippen molar-refractivity contribution in [1.29, 1.82) is 0 Å². The van der Waals surface area contributed by atoms with E-state index in [9.17, 15) is 4.79 Å². The van der Waals surface area contributed by atoms with E-state index >= 15 is 0 Å². The molecule has 0 spiro atoms. The molecule has 2 rings (SSSR count). The van der Waals surface area contributed by atoms with Crippen LogP contribution in [0.1, 0.15) is 35.2 Å². The van der Waals surface area contributed by atoms with E-state index in [1.165, 1.54) is 12.8 Å². The lowest BCUT2D eigenvalue weighted by Gasteiger charge is -2.20. The fourth-order valence-electron chi connectivity index (χ4n) is 1.84. The zero-order valence-electron chi connectivity index (χ0n) is 8.90. The third-order valence-electron chi connectivity index (χ3n) is 2.78. The number of Topliss-reactive ketones (excluding diaryl/α,β-unsaturated/α-hetero) is 1. The second-order valence-corrected chi connectivity index (χ2v) is 5.22. The molecule has 3 heteroatoms. The predicted octanol–water partition coefficient (Wildman–Crippen LogP) is 2.86. The number of thioether (sulfide) groups is 1. The highest BCUT2D eigenvalue weighted by molar-refractivity contribution is 8.00. The summed E-state index contributed by atoms with van der Waals surface area (Å²) in [5.74, 6) is 1.39. The lowest BCUT2D eigenvalue weighted by molar-refractivity contribution is 0.0984. The summed E-state index contributed by atoms with van der Waals surface area (Å²) < 4.78 is 0. The lowest BCUT2D eigenvalue weighted by Crippen LogP contribution is -2.21. The number of hydrogen-bond acceptors (Lipinski definition) is 3. The molecule has 80 valence electrons. The van der Waals surface area contributed by atoms with Gasteiger partial charge in [0, 0.05) is 18.0 Å². The van der Waals surface area contributed by atoms with E-state index in [1.807, 2.05) is 13.0 Å². The molecule has 1 aliphatic heterocycles. The van der Waals surface area contributed by atoms with Crippen LogP contribution in [-0.2, 0) is 0 Å². The number of aromatic nitrogens is 1. The summed E-state index contributed by atoms with van der Waals surface area (Å²) in [5, 5.41) is 0.168. The molecule has 0 bridgehead atoms. The minimum absolute atomic E-state index is 0.168. The smallest absolute Gasteiger partial charge is 0.177 e. The van der Waals surface area contributed by atoms with E-state index in [1.54, 1.807) is 24.2 Å². The van der Waals surface area contributed by atoms with Crippen molar-refractivity contribution in [2.75, 3.05) is 5.75 Å². The van der Waals surface area contributed by atoms with Crippen LogP contribution in [0.3, 0.4) is 0 Å². The SMILES string of the molecule is Cc1ccncc1C(=O)C1CCCCS1. The summed E-state index contributed by atoms with van der Waals surface area (Å²) in [6.07, 6.45) is 6.90. The van der Waals surface area contributed by atoms with Crippen LogP contribution in [-0.4, -0.2) is 21.8 Å². The summed E-state index contributed by atoms with van der Waals surface area (Å²) in [6, 6.07) is 1.90. The molecule has 1 saturated heterocycles. The van der Waals surface area contributed by atoms with Crippen molar-refractivity contribution >= 4 is 17.5 Å². The first-order valence-corrected chi connectivity index (χ1v) is 6.40. The fraction of sp³-hybridized carbons (Fsp3) is 0.500. The Morgan fingerprint density at radius 3 is 3.07 bits per heavy atom. The normalized spacial score (nSPS) is 21.3. The maximum absolute atomic E-state index is 12.2. The summed E-state index contributed by atoms with van der Waals surface area (Å²) >= 11 is 1.80. The minimum Gasteiger partial charge on any atom is -0.293 e. The molecule has 1 aliphatic rings. The molecular weight excluding hydrogens is 206 g/mol. The molecule has 1 unspecified atom stereocenters. The Bertz CT molecular complexity index is 358. The Morgan fingerprint density at radius 1 is 1.53 bits per heavy atom. The number of carbonyl (C=O) groups excluding carboxylic acids is 1. The minimum atomic E-state index is 0.168. The average Bonchev–Trinajstić information content (AvgIpc) is 2.30. The Balaban J connectivity index is 2.16. The van der Waals surface area contributed by atoms with Gasteiger partial charge in [-0.15, -0.1) is 0 Å². The van der Waals surface area contributed by atoms with E-state index < -0.39 is 0 Å². The molecule has 15 heavy (non-hydrogen) atoms. The van der Waals surface area contributed by atoms with Gasteiger partial charge in [0.1, 0.15) is 0 Å². The Kier molecular flexibility index (Phi) is 3.41. The summed E-state index contributed by atoms with van der Waals surface area (Å²) in [7, 11) is 0. The Morgan fingerprint density at radius 2 is 2.40 bits per heavy atom. The maximum Gasteiger partial charge on any atom is 0.177 e. The van der Waals surface area contributed by atoms with Gasteiger partial charge in [-0.3, -0.25) is 9.78 Å². The van der Waals surface area contributed by atoms with E-state index in [2.05, 4.69) is 4.98 Å². The number of ketones is 1. The molecule has 1 aromatic heterocycles. The van der Waals surface area contributed by atoms with Gasteiger partial charge in [0.25, 0.3) is 0 Å². The number of pyridine rings is 1. The van der Waals surface area contributed by atoms with Gasteiger partial charge in [0.05, 0.1) is 5.25 Å². The highest BCUT2D eigenvalue weighted by Gasteiger charge is 2.23. The van der Waals surface area contributed by atoms with Gasteiger partial charge in [0.15, 0.2) is 5.78 Å². The number of aryl methyl sites for hydroxylation is 1. The topological polar surface area (TPSA) is 30.0 Å². The number of hydrogen-bond donors (Lipinski definition) is 0. The molecule has 0 radical (unpaired) electrons. The van der Waals surface area contributed by atoms with Crippen molar-refractivity contribution in [2.24, 2.45) is 0 Å². The Labute approximate surface area is 94.5 Å². The van der Waals surface area contributed by atoms with Gasteiger partial charge in [-0.25, -0.2) is 0 Å². The van der Waals surface area contributed by atoms with E-state index in [-0.39, 0.29) is 11.0 Å². The van der Waals surface area contributed by atoms with Crippen LogP contribution in [0, 0.1) is 6.92 Å². The highest BCUT2D eigenvalue weighted by atomic mass is 32.2. The second kappa shape index (κ2) is 4.79. The quantitative estimate of drug-likeness (QED) is 0.719. The highest BCUT2D eigenvalue weighted by Crippen LogP contribution is 2.28. The van der Waals surface area contributed by atoms with Gasteiger partial charge < -0.3 is 0 Å². The van der Waals surface area contributed by atoms with Crippen LogP contribution in [0.5, 0.6) is 0 Å². The number of carbonyl (C=O) groups is 1. The van der Waals surface area contributed by atoms with Crippen LogP contribution in [0.25, 0.3) is 0 Å². The van der Waals surface area contributed by atoms with E-state index in [4.69, 9.17) is 0 Å². The maximum atomic E-state index is 12.2. The summed E-state index contributed by atoms with van der Waals surface area (Å²) in [6.45, 7) is 1.97. The van der Waals surface area contributed by atoms with Crippen molar-refractivity contribution in [1.82, 2.24) is 4.98 Å². The first-order valence-electron chi connectivity index (χ1n) is 5.35. The molecule has 0 amide bonds.